The first-order valence-electron chi connectivity index (χ1n) is 7.67. The number of aromatic nitrogens is 1. The summed E-state index contributed by atoms with van der Waals surface area (Å²) in [5.41, 5.74) is 2.37. The van der Waals surface area contributed by atoms with Crippen LogP contribution < -0.4 is 0 Å². The molecule has 0 aromatic carbocycles. The molecule has 20 heavy (non-hydrogen) atoms. The number of hydrogen-bond acceptors (Lipinski definition) is 4. The average Bonchev–Trinajstić information content (AvgIpc) is 3.06. The number of rotatable bonds is 3. The minimum absolute atomic E-state index is 0.136. The van der Waals surface area contributed by atoms with Crippen LogP contribution in [0.2, 0.25) is 0 Å². The summed E-state index contributed by atoms with van der Waals surface area (Å²) in [6.45, 7) is 5.52. The first-order valence-corrected chi connectivity index (χ1v) is 8.62. The van der Waals surface area contributed by atoms with E-state index in [-0.39, 0.29) is 5.91 Å². The summed E-state index contributed by atoms with van der Waals surface area (Å²) in [4.78, 5) is 21.3. The Balaban J connectivity index is 1.40. The van der Waals surface area contributed by atoms with Crippen LogP contribution in [0.5, 0.6) is 0 Å². The molecule has 0 unspecified atom stereocenters. The third-order valence-corrected chi connectivity index (χ3v) is 5.40. The molecule has 108 valence electrons. The molecular weight excluding hydrogens is 270 g/mol. The maximum Gasteiger partial charge on any atom is 0.273 e. The molecule has 2 bridgehead atoms. The van der Waals surface area contributed by atoms with Crippen molar-refractivity contribution in [1.82, 2.24) is 14.8 Å². The molecule has 0 spiro atoms. The number of hydrogen-bond donors (Lipinski definition) is 0. The van der Waals surface area contributed by atoms with Gasteiger partial charge in [-0.2, -0.15) is 0 Å². The van der Waals surface area contributed by atoms with Crippen molar-refractivity contribution in [3.63, 3.8) is 0 Å². The first-order chi connectivity index (χ1) is 9.78. The van der Waals surface area contributed by atoms with Gasteiger partial charge in [0.25, 0.3) is 5.91 Å². The van der Waals surface area contributed by atoms with Crippen molar-refractivity contribution in [2.24, 2.45) is 17.8 Å². The van der Waals surface area contributed by atoms with Crippen molar-refractivity contribution in [3.8, 4) is 0 Å². The highest BCUT2D eigenvalue weighted by Crippen LogP contribution is 2.34. The Morgan fingerprint density at radius 3 is 2.60 bits per heavy atom. The second-order valence-electron chi connectivity index (χ2n) is 6.71. The van der Waals surface area contributed by atoms with E-state index in [9.17, 15) is 4.79 Å². The van der Waals surface area contributed by atoms with E-state index in [2.05, 4.69) is 9.88 Å². The van der Waals surface area contributed by atoms with Crippen LogP contribution in [0.1, 0.15) is 29.8 Å². The zero-order chi connectivity index (χ0) is 13.5. The van der Waals surface area contributed by atoms with E-state index in [0.717, 1.165) is 19.0 Å². The van der Waals surface area contributed by atoms with Crippen molar-refractivity contribution < 1.29 is 4.79 Å². The quantitative estimate of drug-likeness (QED) is 0.854. The summed E-state index contributed by atoms with van der Waals surface area (Å²) in [5.74, 6) is 2.45. The molecule has 1 aromatic rings. The van der Waals surface area contributed by atoms with Gasteiger partial charge in [-0.3, -0.25) is 4.79 Å². The van der Waals surface area contributed by atoms with E-state index in [1.807, 2.05) is 10.3 Å². The summed E-state index contributed by atoms with van der Waals surface area (Å²) in [6, 6.07) is 0. The van der Waals surface area contributed by atoms with Crippen LogP contribution in [0.3, 0.4) is 0 Å². The zero-order valence-corrected chi connectivity index (χ0v) is 12.5. The molecule has 5 heteroatoms. The zero-order valence-electron chi connectivity index (χ0n) is 11.7. The lowest BCUT2D eigenvalue weighted by atomic mass is 9.84. The highest BCUT2D eigenvalue weighted by Gasteiger charge is 2.37. The molecule has 1 saturated carbocycles. The van der Waals surface area contributed by atoms with E-state index in [0.29, 0.717) is 17.5 Å². The van der Waals surface area contributed by atoms with Gasteiger partial charge in [0.15, 0.2) is 0 Å². The maximum absolute atomic E-state index is 12.4. The number of nitrogens with zero attached hydrogens (tertiary/aromatic N) is 3. The van der Waals surface area contributed by atoms with Gasteiger partial charge < -0.3 is 9.80 Å². The normalized spacial score (nSPS) is 30.5. The molecule has 1 aromatic heterocycles. The van der Waals surface area contributed by atoms with Crippen molar-refractivity contribution >= 4 is 17.2 Å². The predicted octanol–water partition coefficient (Wildman–Crippen LogP) is 1.95. The summed E-state index contributed by atoms with van der Waals surface area (Å²) in [5, 5.41) is 1.87. The van der Waals surface area contributed by atoms with E-state index in [1.165, 1.54) is 50.2 Å². The number of carbonyl (C=O) groups excluding carboxylic acids is 1. The lowest BCUT2D eigenvalue weighted by Gasteiger charge is -2.45. The van der Waals surface area contributed by atoms with Crippen molar-refractivity contribution in [1.29, 1.82) is 0 Å². The monoisotopic (exact) mass is 291 g/mol. The van der Waals surface area contributed by atoms with Gasteiger partial charge in [0.05, 0.1) is 5.51 Å². The first kappa shape index (κ1) is 12.8. The summed E-state index contributed by atoms with van der Waals surface area (Å²) in [6.07, 6.45) is 4.17. The maximum atomic E-state index is 12.4. The predicted molar refractivity (Wildman–Crippen MR) is 78.8 cm³/mol. The second kappa shape index (κ2) is 5.11. The largest absolute Gasteiger partial charge is 0.337 e. The van der Waals surface area contributed by atoms with Gasteiger partial charge in [0, 0.05) is 38.1 Å². The Kier molecular flexibility index (Phi) is 3.27. The highest BCUT2D eigenvalue weighted by atomic mass is 32.1. The van der Waals surface area contributed by atoms with Gasteiger partial charge in [-0.25, -0.2) is 4.98 Å². The molecule has 2 saturated heterocycles. The Bertz CT molecular complexity index is 471. The average molecular weight is 291 g/mol. The van der Waals surface area contributed by atoms with Gasteiger partial charge in [0.2, 0.25) is 0 Å². The minimum atomic E-state index is 0.136. The number of thiazole rings is 1. The van der Waals surface area contributed by atoms with Gasteiger partial charge >= 0.3 is 0 Å². The van der Waals surface area contributed by atoms with Crippen LogP contribution in [-0.4, -0.2) is 53.4 Å². The van der Waals surface area contributed by atoms with Crippen LogP contribution >= 0.6 is 11.3 Å². The van der Waals surface area contributed by atoms with E-state index in [4.69, 9.17) is 0 Å². The van der Waals surface area contributed by atoms with Crippen LogP contribution in [-0.2, 0) is 0 Å². The smallest absolute Gasteiger partial charge is 0.273 e. The van der Waals surface area contributed by atoms with Crippen LogP contribution in [0.15, 0.2) is 10.9 Å². The third-order valence-electron chi connectivity index (χ3n) is 4.81. The minimum Gasteiger partial charge on any atom is -0.337 e. The second-order valence-corrected chi connectivity index (χ2v) is 7.43. The Hall–Kier alpha value is -0.940. The topological polar surface area (TPSA) is 36.4 Å². The fourth-order valence-corrected chi connectivity index (χ4v) is 4.37. The van der Waals surface area contributed by atoms with Crippen molar-refractivity contribution in [3.05, 3.63) is 16.6 Å². The fourth-order valence-electron chi connectivity index (χ4n) is 3.85. The van der Waals surface area contributed by atoms with Crippen LogP contribution in [0, 0.1) is 17.8 Å². The lowest BCUT2D eigenvalue weighted by molar-refractivity contribution is 0.0246. The molecule has 0 N–H and O–H groups in total. The molecule has 0 radical (unpaired) electrons. The number of amides is 1. The molecule has 4 nitrogen and oxygen atoms in total. The molecule has 3 aliphatic rings. The molecule has 3 fully saturated rings. The van der Waals surface area contributed by atoms with Gasteiger partial charge in [-0.05, 0) is 37.0 Å². The summed E-state index contributed by atoms with van der Waals surface area (Å²) in [7, 11) is 0. The van der Waals surface area contributed by atoms with Crippen LogP contribution in [0.4, 0.5) is 0 Å². The number of carbonyl (C=O) groups is 1. The van der Waals surface area contributed by atoms with Gasteiger partial charge in [-0.15, -0.1) is 11.3 Å². The Labute approximate surface area is 123 Å². The highest BCUT2D eigenvalue weighted by molar-refractivity contribution is 7.07. The van der Waals surface area contributed by atoms with E-state index in [1.54, 1.807) is 5.51 Å². The lowest BCUT2D eigenvalue weighted by Crippen LogP contribution is -2.54. The standard InChI is InChI=1S/C15H21N3OS/c19-15(14-9-20-10-16-14)18-7-12-3-13(8-18)6-17(5-12)4-11-1-2-11/h9-13H,1-8H2/t12-,13-/m0/s1. The fraction of sp³-hybridized carbons (Fsp3) is 0.733. The Morgan fingerprint density at radius 1 is 1.25 bits per heavy atom. The number of piperidine rings is 2. The molecule has 4 rings (SSSR count). The van der Waals surface area contributed by atoms with E-state index >= 15 is 0 Å². The van der Waals surface area contributed by atoms with Crippen molar-refractivity contribution in [2.45, 2.75) is 19.3 Å². The summed E-state index contributed by atoms with van der Waals surface area (Å²) >= 11 is 1.50. The van der Waals surface area contributed by atoms with Gasteiger partial charge in [0.1, 0.15) is 5.69 Å². The number of fused-ring (bicyclic) bond motifs is 2. The molecule has 2 aliphatic heterocycles. The Morgan fingerprint density at radius 2 is 2.00 bits per heavy atom. The molecule has 2 atom stereocenters. The number of likely N-dealkylation sites (tertiary alicyclic amines) is 2. The van der Waals surface area contributed by atoms with E-state index < -0.39 is 0 Å². The third kappa shape index (κ3) is 2.61. The molecular formula is C15H21N3OS. The molecule has 1 aliphatic carbocycles. The SMILES string of the molecule is O=C(c1cscn1)N1C[C@H]2C[C@@H](CN(CC3CC3)C2)C1. The summed E-state index contributed by atoms with van der Waals surface area (Å²) < 4.78 is 0. The van der Waals surface area contributed by atoms with Crippen molar-refractivity contribution in [2.75, 3.05) is 32.7 Å². The van der Waals surface area contributed by atoms with Crippen LogP contribution in [0.25, 0.3) is 0 Å². The molecule has 1 amide bonds. The van der Waals surface area contributed by atoms with Gasteiger partial charge in [-0.1, -0.05) is 0 Å². The molecule has 3 heterocycles.